The molecule has 1 rings (SSSR count). The minimum atomic E-state index is -0.605. The van der Waals surface area contributed by atoms with Gasteiger partial charge >= 0.3 is 90.5 Å². The molecule has 0 fully saturated rings. The van der Waals surface area contributed by atoms with Crippen LogP contribution in [0.3, 0.4) is 0 Å². The van der Waals surface area contributed by atoms with Crippen molar-refractivity contribution in [1.82, 2.24) is 0 Å². The molecule has 0 amide bonds. The third kappa shape index (κ3) is 2.84. The number of hydrogen-bond acceptors (Lipinski definition) is 1. The van der Waals surface area contributed by atoms with Crippen LogP contribution in [-0.2, 0) is 11.0 Å². The van der Waals surface area contributed by atoms with E-state index in [0.29, 0.717) is 0 Å². The van der Waals surface area contributed by atoms with Gasteiger partial charge in [0.05, 0.1) is 0 Å². The molecule has 0 aliphatic heterocycles. The van der Waals surface area contributed by atoms with Gasteiger partial charge in [0.25, 0.3) is 0 Å². The summed E-state index contributed by atoms with van der Waals surface area (Å²) in [5.74, 6) is 0. The summed E-state index contributed by atoms with van der Waals surface area (Å²) >= 11 is -0.282. The van der Waals surface area contributed by atoms with E-state index in [1.165, 1.54) is 7.16 Å². The molecule has 0 radical (unpaired) electrons. The molecule has 13 heavy (non-hydrogen) atoms. The normalized spacial score (nSPS) is 13.4. The molecular formula is C11H18OTe. The zero-order valence-corrected chi connectivity index (χ0v) is 11.3. The first-order valence-electron chi connectivity index (χ1n) is 4.54. The van der Waals surface area contributed by atoms with Crippen molar-refractivity contribution in [3.8, 4) is 0 Å². The van der Waals surface area contributed by atoms with Gasteiger partial charge in [0, 0.05) is 0 Å². The summed E-state index contributed by atoms with van der Waals surface area (Å²) in [6.45, 7) is 10.5. The van der Waals surface area contributed by atoms with E-state index in [4.69, 9.17) is 0 Å². The van der Waals surface area contributed by atoms with Crippen LogP contribution >= 0.6 is 0 Å². The van der Waals surface area contributed by atoms with Crippen LogP contribution in [0.1, 0.15) is 41.8 Å². The van der Waals surface area contributed by atoms with E-state index in [1.807, 2.05) is 13.8 Å². The van der Waals surface area contributed by atoms with Crippen molar-refractivity contribution < 1.29 is 5.11 Å². The van der Waals surface area contributed by atoms with Gasteiger partial charge in [0.1, 0.15) is 0 Å². The molecule has 1 heterocycles. The van der Waals surface area contributed by atoms with Crippen LogP contribution < -0.4 is 0 Å². The Kier molecular flexibility index (Phi) is 2.98. The van der Waals surface area contributed by atoms with Crippen molar-refractivity contribution in [2.24, 2.45) is 0 Å². The third-order valence-electron chi connectivity index (χ3n) is 1.95. The average molecular weight is 294 g/mol. The zero-order valence-electron chi connectivity index (χ0n) is 9.01. The Morgan fingerprint density at radius 2 is 1.46 bits per heavy atom. The van der Waals surface area contributed by atoms with Gasteiger partial charge in [0.2, 0.25) is 0 Å². The predicted molar refractivity (Wildman–Crippen MR) is 57.3 cm³/mol. The molecule has 1 N–H and O–H groups in total. The van der Waals surface area contributed by atoms with Crippen molar-refractivity contribution in [3.05, 3.63) is 19.3 Å². The second-order valence-electron chi connectivity index (χ2n) is 4.97. The van der Waals surface area contributed by atoms with E-state index in [1.54, 1.807) is 0 Å². The van der Waals surface area contributed by atoms with Crippen LogP contribution in [0, 0.1) is 0 Å². The second-order valence-corrected chi connectivity index (χ2v) is 8.07. The number of rotatable bonds is 1. The number of hydrogen-bond donors (Lipinski definition) is 1. The standard InChI is InChI=1S/C11H18OTe/c1-10(2,3)8-6-7-9(13-8)11(4,5)12/h6-7,12H,1-5H3. The maximum absolute atomic E-state index is 9.83. The molecule has 2 heteroatoms. The molecule has 0 saturated heterocycles. The van der Waals surface area contributed by atoms with Crippen molar-refractivity contribution in [3.63, 3.8) is 0 Å². The van der Waals surface area contributed by atoms with Crippen LogP contribution in [0.5, 0.6) is 0 Å². The van der Waals surface area contributed by atoms with Gasteiger partial charge in [-0.05, 0) is 0 Å². The molecule has 1 nitrogen and oxygen atoms in total. The Balaban J connectivity index is 3.01. The summed E-state index contributed by atoms with van der Waals surface area (Å²) in [4.78, 5) is 0. The summed E-state index contributed by atoms with van der Waals surface area (Å²) in [6.07, 6.45) is 0. The molecule has 0 unspecified atom stereocenters. The van der Waals surface area contributed by atoms with Crippen LogP contribution in [0.4, 0.5) is 0 Å². The summed E-state index contributed by atoms with van der Waals surface area (Å²) in [5.41, 5.74) is -0.322. The second kappa shape index (κ2) is 3.42. The number of aliphatic hydroxyl groups is 1. The van der Waals surface area contributed by atoms with E-state index in [2.05, 4.69) is 32.9 Å². The fourth-order valence-corrected chi connectivity index (χ4v) is 4.11. The molecule has 0 aliphatic carbocycles. The van der Waals surface area contributed by atoms with E-state index in [9.17, 15) is 5.11 Å². The van der Waals surface area contributed by atoms with Gasteiger partial charge in [-0.25, -0.2) is 0 Å². The predicted octanol–water partition coefficient (Wildman–Crippen LogP) is 2.27. The van der Waals surface area contributed by atoms with Gasteiger partial charge < -0.3 is 0 Å². The first-order valence-corrected chi connectivity index (χ1v) is 6.87. The first kappa shape index (κ1) is 11.3. The summed E-state index contributed by atoms with van der Waals surface area (Å²) in [5, 5.41) is 9.83. The fraction of sp³-hybridized carbons (Fsp3) is 0.636. The van der Waals surface area contributed by atoms with E-state index in [0.717, 1.165) is 0 Å². The Labute approximate surface area is 90.4 Å². The van der Waals surface area contributed by atoms with Crippen LogP contribution in [0.2, 0.25) is 0 Å². The minimum absolute atomic E-state index is 0.282. The summed E-state index contributed by atoms with van der Waals surface area (Å²) in [6, 6.07) is 4.32. The molecule has 0 aliphatic rings. The van der Waals surface area contributed by atoms with Gasteiger partial charge in [-0.2, -0.15) is 0 Å². The molecule has 1 aromatic heterocycles. The fourth-order valence-electron chi connectivity index (χ4n) is 1.07. The molecule has 0 aromatic carbocycles. The maximum atomic E-state index is 9.83. The molecular weight excluding hydrogens is 276 g/mol. The molecule has 0 atom stereocenters. The van der Waals surface area contributed by atoms with Gasteiger partial charge in [-0.3, -0.25) is 0 Å². The Bertz CT molecular complexity index is 257. The third-order valence-corrected chi connectivity index (χ3v) is 7.15. The van der Waals surface area contributed by atoms with Crippen molar-refractivity contribution in [1.29, 1.82) is 0 Å². The molecule has 0 bridgehead atoms. The topological polar surface area (TPSA) is 20.2 Å². The SMILES string of the molecule is CC(C)(C)c1ccc(C(C)(C)O)[te]1. The van der Waals surface area contributed by atoms with Crippen LogP contribution in [-0.4, -0.2) is 25.5 Å². The first-order chi connectivity index (χ1) is 5.71. The van der Waals surface area contributed by atoms with Crippen molar-refractivity contribution >= 4 is 20.4 Å². The Hall–Kier alpha value is 0.230. The summed E-state index contributed by atoms with van der Waals surface area (Å²) < 4.78 is 2.79. The summed E-state index contributed by atoms with van der Waals surface area (Å²) in [7, 11) is 0. The van der Waals surface area contributed by atoms with Crippen LogP contribution in [0.25, 0.3) is 0 Å². The molecule has 0 saturated carbocycles. The van der Waals surface area contributed by atoms with E-state index < -0.39 is 5.60 Å². The van der Waals surface area contributed by atoms with Crippen molar-refractivity contribution in [2.45, 2.75) is 45.6 Å². The Morgan fingerprint density at radius 3 is 1.69 bits per heavy atom. The average Bonchev–Trinajstić information content (AvgIpc) is 2.28. The van der Waals surface area contributed by atoms with E-state index in [-0.39, 0.29) is 25.8 Å². The van der Waals surface area contributed by atoms with Gasteiger partial charge in [-0.1, -0.05) is 0 Å². The molecule has 0 spiro atoms. The monoisotopic (exact) mass is 296 g/mol. The van der Waals surface area contributed by atoms with Crippen LogP contribution in [0.15, 0.2) is 12.1 Å². The van der Waals surface area contributed by atoms with Gasteiger partial charge in [-0.15, -0.1) is 0 Å². The quantitative estimate of drug-likeness (QED) is 0.788. The zero-order chi connectivity index (χ0) is 10.3. The molecule has 74 valence electrons. The molecule has 1 aromatic rings. The van der Waals surface area contributed by atoms with Gasteiger partial charge in [0.15, 0.2) is 0 Å². The van der Waals surface area contributed by atoms with E-state index >= 15 is 0 Å². The van der Waals surface area contributed by atoms with Crippen molar-refractivity contribution in [2.75, 3.05) is 0 Å². The Morgan fingerprint density at radius 1 is 1.00 bits per heavy atom.